The highest BCUT2D eigenvalue weighted by atomic mass is 15.2. The van der Waals surface area contributed by atoms with Crippen LogP contribution in [0.3, 0.4) is 0 Å². The average molecular weight is 179 g/mol. The third kappa shape index (κ3) is 1.03. The van der Waals surface area contributed by atoms with Gasteiger partial charge in [0.2, 0.25) is 0 Å². The van der Waals surface area contributed by atoms with Crippen LogP contribution in [-0.2, 0) is 0 Å². The van der Waals surface area contributed by atoms with Gasteiger partial charge in [0.15, 0.2) is 0 Å². The molecule has 0 spiro atoms. The topological polar surface area (TPSA) is 3.24 Å². The number of likely N-dealkylation sites (tertiary alicyclic amines) is 1. The lowest BCUT2D eigenvalue weighted by Crippen LogP contribution is -2.26. The fourth-order valence-electron chi connectivity index (χ4n) is 4.41. The lowest BCUT2D eigenvalue weighted by Gasteiger charge is -2.20. The van der Waals surface area contributed by atoms with Crippen molar-refractivity contribution < 1.29 is 0 Å². The van der Waals surface area contributed by atoms with Crippen molar-refractivity contribution in [2.24, 2.45) is 23.7 Å². The van der Waals surface area contributed by atoms with E-state index in [0.29, 0.717) is 0 Å². The van der Waals surface area contributed by atoms with E-state index < -0.39 is 0 Å². The van der Waals surface area contributed by atoms with Gasteiger partial charge < -0.3 is 4.90 Å². The molecule has 2 aliphatic carbocycles. The summed E-state index contributed by atoms with van der Waals surface area (Å²) in [5.74, 6) is 4.39. The summed E-state index contributed by atoms with van der Waals surface area (Å²) in [4.78, 5) is 2.59. The summed E-state index contributed by atoms with van der Waals surface area (Å²) < 4.78 is 0. The van der Waals surface area contributed by atoms with Crippen LogP contribution < -0.4 is 0 Å². The first-order chi connectivity index (χ1) is 6.27. The Bertz CT molecular complexity index is 213. The molecule has 0 bridgehead atoms. The highest BCUT2D eigenvalue weighted by Crippen LogP contribution is 2.54. The molecule has 0 aromatic heterocycles. The third-order valence-corrected chi connectivity index (χ3v) is 5.21. The van der Waals surface area contributed by atoms with E-state index in [9.17, 15) is 0 Å². The van der Waals surface area contributed by atoms with Crippen molar-refractivity contribution >= 4 is 0 Å². The molecule has 2 saturated carbocycles. The smallest absolute Gasteiger partial charge is 0.00955 e. The largest absolute Gasteiger partial charge is 0.303 e. The number of fused-ring (bicyclic) bond motifs is 3. The van der Waals surface area contributed by atoms with Crippen LogP contribution in [0.2, 0.25) is 0 Å². The normalized spacial score (nSPS) is 55.4. The average Bonchev–Trinajstić information content (AvgIpc) is 2.70. The van der Waals surface area contributed by atoms with Crippen LogP contribution in [0.5, 0.6) is 0 Å². The Morgan fingerprint density at radius 1 is 1.08 bits per heavy atom. The molecule has 0 N–H and O–H groups in total. The molecule has 1 aliphatic heterocycles. The maximum Gasteiger partial charge on any atom is 0.00955 e. The molecule has 1 saturated heterocycles. The van der Waals surface area contributed by atoms with Crippen molar-refractivity contribution in [2.75, 3.05) is 13.6 Å². The summed E-state index contributed by atoms with van der Waals surface area (Å²) >= 11 is 0. The van der Waals surface area contributed by atoms with Crippen molar-refractivity contribution in [1.82, 2.24) is 4.90 Å². The monoisotopic (exact) mass is 179 g/mol. The Morgan fingerprint density at radius 2 is 1.92 bits per heavy atom. The Balaban J connectivity index is 1.83. The number of hydrogen-bond donors (Lipinski definition) is 0. The van der Waals surface area contributed by atoms with Gasteiger partial charge in [0.05, 0.1) is 0 Å². The van der Waals surface area contributed by atoms with Crippen LogP contribution in [0, 0.1) is 23.7 Å². The SMILES string of the molecule is C[C@@H]1[C@H]2CC3CCCC3C2CN1C. The minimum atomic E-state index is 0.871. The Morgan fingerprint density at radius 3 is 2.77 bits per heavy atom. The predicted molar refractivity (Wildman–Crippen MR) is 54.5 cm³/mol. The van der Waals surface area contributed by atoms with Gasteiger partial charge in [-0.25, -0.2) is 0 Å². The van der Waals surface area contributed by atoms with Crippen LogP contribution in [0.15, 0.2) is 0 Å². The first-order valence-electron chi connectivity index (χ1n) is 5.97. The van der Waals surface area contributed by atoms with Gasteiger partial charge in [-0.15, -0.1) is 0 Å². The van der Waals surface area contributed by atoms with Gasteiger partial charge >= 0.3 is 0 Å². The molecule has 74 valence electrons. The minimum absolute atomic E-state index is 0.871. The van der Waals surface area contributed by atoms with E-state index in [4.69, 9.17) is 0 Å². The summed E-state index contributed by atoms with van der Waals surface area (Å²) in [5.41, 5.74) is 0. The fourth-order valence-corrected chi connectivity index (χ4v) is 4.41. The summed E-state index contributed by atoms with van der Waals surface area (Å²) in [6, 6.07) is 0.871. The second kappa shape index (κ2) is 2.73. The van der Waals surface area contributed by atoms with Crippen LogP contribution in [-0.4, -0.2) is 24.5 Å². The molecule has 13 heavy (non-hydrogen) atoms. The van der Waals surface area contributed by atoms with Crippen molar-refractivity contribution in [3.05, 3.63) is 0 Å². The van der Waals surface area contributed by atoms with Crippen molar-refractivity contribution in [3.8, 4) is 0 Å². The van der Waals surface area contributed by atoms with Gasteiger partial charge in [0.1, 0.15) is 0 Å². The highest BCUT2D eigenvalue weighted by Gasteiger charge is 2.51. The summed E-state index contributed by atoms with van der Waals surface area (Å²) in [6.45, 7) is 3.83. The Kier molecular flexibility index (Phi) is 1.74. The molecular weight excluding hydrogens is 158 g/mol. The van der Waals surface area contributed by atoms with Gasteiger partial charge in [0.25, 0.3) is 0 Å². The summed E-state index contributed by atoms with van der Waals surface area (Å²) in [7, 11) is 2.31. The molecule has 3 fully saturated rings. The number of nitrogens with zero attached hydrogens (tertiary/aromatic N) is 1. The lowest BCUT2D eigenvalue weighted by atomic mass is 9.88. The second-order valence-corrected chi connectivity index (χ2v) is 5.60. The van der Waals surface area contributed by atoms with Gasteiger partial charge in [-0.1, -0.05) is 12.8 Å². The van der Waals surface area contributed by atoms with E-state index in [0.717, 1.165) is 29.7 Å². The van der Waals surface area contributed by atoms with Crippen LogP contribution in [0.25, 0.3) is 0 Å². The highest BCUT2D eigenvalue weighted by molar-refractivity contribution is 5.02. The lowest BCUT2D eigenvalue weighted by molar-refractivity contribution is 0.264. The summed E-state index contributed by atoms with van der Waals surface area (Å²) in [5, 5.41) is 0. The molecule has 1 heterocycles. The second-order valence-electron chi connectivity index (χ2n) is 5.60. The molecule has 1 nitrogen and oxygen atoms in total. The van der Waals surface area contributed by atoms with Gasteiger partial charge in [-0.05, 0) is 50.5 Å². The maximum atomic E-state index is 2.59. The van der Waals surface area contributed by atoms with E-state index in [1.165, 1.54) is 13.0 Å². The quantitative estimate of drug-likeness (QED) is 0.552. The molecule has 0 aromatic carbocycles. The van der Waals surface area contributed by atoms with Gasteiger partial charge in [-0.2, -0.15) is 0 Å². The zero-order valence-electron chi connectivity index (χ0n) is 8.87. The van der Waals surface area contributed by atoms with E-state index in [-0.39, 0.29) is 0 Å². The first kappa shape index (κ1) is 8.28. The van der Waals surface area contributed by atoms with Crippen molar-refractivity contribution in [3.63, 3.8) is 0 Å². The molecule has 3 unspecified atom stereocenters. The third-order valence-electron chi connectivity index (χ3n) is 5.21. The van der Waals surface area contributed by atoms with E-state index in [2.05, 4.69) is 18.9 Å². The molecule has 1 heteroatoms. The predicted octanol–water partition coefficient (Wildman–Crippen LogP) is 2.37. The number of hydrogen-bond acceptors (Lipinski definition) is 1. The van der Waals surface area contributed by atoms with Gasteiger partial charge in [-0.3, -0.25) is 0 Å². The maximum absolute atomic E-state index is 2.59. The van der Waals surface area contributed by atoms with Crippen LogP contribution in [0.1, 0.15) is 32.6 Å². The zero-order valence-corrected chi connectivity index (χ0v) is 8.87. The molecule has 3 rings (SSSR count). The van der Waals surface area contributed by atoms with E-state index >= 15 is 0 Å². The zero-order chi connectivity index (χ0) is 9.00. The molecule has 0 amide bonds. The molecule has 0 radical (unpaired) electrons. The van der Waals surface area contributed by atoms with E-state index in [1.807, 2.05) is 0 Å². The van der Waals surface area contributed by atoms with Crippen molar-refractivity contribution in [1.29, 1.82) is 0 Å². The minimum Gasteiger partial charge on any atom is -0.303 e. The van der Waals surface area contributed by atoms with Crippen LogP contribution >= 0.6 is 0 Å². The molecule has 5 atom stereocenters. The van der Waals surface area contributed by atoms with Crippen LogP contribution in [0.4, 0.5) is 0 Å². The van der Waals surface area contributed by atoms with Gasteiger partial charge in [0, 0.05) is 12.6 Å². The number of rotatable bonds is 0. The summed E-state index contributed by atoms with van der Waals surface area (Å²) in [6.07, 6.45) is 6.18. The standard InChI is InChI=1S/C12H21N/c1-8-11-6-9-4-3-5-10(9)12(11)7-13(8)2/h8-12H,3-7H2,1-2H3/t8-,9?,10?,11-,12?/m1/s1. The van der Waals surface area contributed by atoms with E-state index in [1.54, 1.807) is 19.3 Å². The molecular formula is C12H21N. The molecule has 0 aromatic rings. The Hall–Kier alpha value is -0.0400. The van der Waals surface area contributed by atoms with Crippen molar-refractivity contribution in [2.45, 2.75) is 38.6 Å². The molecule has 3 aliphatic rings. The first-order valence-corrected chi connectivity index (χ1v) is 5.97. The Labute approximate surface area is 81.5 Å². The fraction of sp³-hybridized carbons (Fsp3) is 1.00.